The van der Waals surface area contributed by atoms with Crippen molar-refractivity contribution in [3.63, 3.8) is 0 Å². The lowest BCUT2D eigenvalue weighted by atomic mass is 10.0. The Morgan fingerprint density at radius 3 is 1.72 bits per heavy atom. The first kappa shape index (κ1) is 51.2. The molecule has 0 saturated carbocycles. The van der Waals surface area contributed by atoms with E-state index in [-0.39, 0.29) is 52.9 Å². The van der Waals surface area contributed by atoms with E-state index in [4.69, 9.17) is 26.9 Å². The van der Waals surface area contributed by atoms with Crippen LogP contribution >= 0.6 is 11.6 Å². The number of nitrogens with one attached hydrogen (secondary N) is 3. The number of alkyl halides is 6. The van der Waals surface area contributed by atoms with Crippen molar-refractivity contribution >= 4 is 57.5 Å². The average Bonchev–Trinajstić information content (AvgIpc) is 3.35. The number of ketones is 1. The molecule has 2 aliphatic heterocycles. The normalized spacial score (nSPS) is 13.8. The predicted molar refractivity (Wildman–Crippen MR) is 238 cm³/mol. The molecule has 0 bridgehead atoms. The standard InChI is InChI=1S/C22H20F4N6O2.C14H9ClF3NO.C8H12FN5O/c23-17-12-28-21(31-20(17)32-6-8-34-9-7-32)29-13-19(33)18-5-4-16(11-27-18)30-15-3-1-2-14(10-15)22(24,25)26;15-13(20)12-5-4-10(8-19-12)6-9-2-1-3-11(7-9)14(16,17)18;9-6-5-11-8(13-10)12-7(6)14-1-3-15-4-2-14/h1-5,10-12,30H,6-9,13H2,(H,28,29,31);1-5,7-8H,6H2;5H,1-4,10H2,(H,11,12,13). The van der Waals surface area contributed by atoms with E-state index in [9.17, 15) is 44.7 Å². The first-order chi connectivity index (χ1) is 33.0. The highest BCUT2D eigenvalue weighted by molar-refractivity contribution is 6.67. The van der Waals surface area contributed by atoms with Gasteiger partial charge in [-0.1, -0.05) is 30.3 Å². The number of rotatable bonds is 12. The number of nitrogens with zero attached hydrogens (tertiary/aromatic N) is 8. The number of hydrazine groups is 1. The summed E-state index contributed by atoms with van der Waals surface area (Å²) in [6.07, 6.45) is -3.59. The van der Waals surface area contributed by atoms with Crippen LogP contribution in [0, 0.1) is 11.6 Å². The molecule has 0 aliphatic carbocycles. The molecule has 2 fully saturated rings. The molecule has 0 unspecified atom stereocenters. The number of carbonyl (C=O) groups excluding carboxylic acids is 2. The Labute approximate surface area is 393 Å². The van der Waals surface area contributed by atoms with Crippen molar-refractivity contribution in [3.05, 3.63) is 143 Å². The molecule has 5 N–H and O–H groups in total. The molecule has 6 aromatic rings. The zero-order valence-corrected chi connectivity index (χ0v) is 36.8. The lowest BCUT2D eigenvalue weighted by molar-refractivity contribution is -0.138. The number of Topliss-reactive ketones (excluding diaryl/α,β-unsaturated/α-hetero) is 1. The van der Waals surface area contributed by atoms with Crippen LogP contribution in [0.1, 0.15) is 43.2 Å². The summed E-state index contributed by atoms with van der Waals surface area (Å²) >= 11 is 5.26. The minimum absolute atomic E-state index is 0.0964. The molecule has 4 aromatic heterocycles. The Hall–Kier alpha value is -7.15. The Kier molecular flexibility index (Phi) is 17.6. The molecule has 0 amide bonds. The minimum Gasteiger partial charge on any atom is -0.378 e. The van der Waals surface area contributed by atoms with E-state index in [0.717, 1.165) is 36.7 Å². The summed E-state index contributed by atoms with van der Waals surface area (Å²) < 4.78 is 114. The van der Waals surface area contributed by atoms with Gasteiger partial charge in [-0.2, -0.15) is 36.3 Å². The van der Waals surface area contributed by atoms with Crippen LogP contribution in [0.25, 0.3) is 0 Å². The number of hydrogen-bond donors (Lipinski definition) is 4. The highest BCUT2D eigenvalue weighted by Gasteiger charge is 2.31. The number of aromatic nitrogens is 6. The summed E-state index contributed by atoms with van der Waals surface area (Å²) in [4.78, 5) is 50.4. The van der Waals surface area contributed by atoms with Gasteiger partial charge >= 0.3 is 12.4 Å². The second-order valence-electron chi connectivity index (χ2n) is 14.7. The fraction of sp³-hybridized carbons (Fsp3) is 0.273. The molecule has 6 heterocycles. The molecule has 0 radical (unpaired) electrons. The quantitative estimate of drug-likeness (QED) is 0.0305. The van der Waals surface area contributed by atoms with E-state index in [1.165, 1.54) is 48.8 Å². The molecule has 0 spiro atoms. The Morgan fingerprint density at radius 2 is 1.19 bits per heavy atom. The highest BCUT2D eigenvalue weighted by atomic mass is 35.5. The zero-order chi connectivity index (χ0) is 49.6. The van der Waals surface area contributed by atoms with E-state index in [2.05, 4.69) is 46.0 Å². The van der Waals surface area contributed by atoms with Gasteiger partial charge in [0, 0.05) is 38.1 Å². The van der Waals surface area contributed by atoms with Crippen LogP contribution in [0.5, 0.6) is 0 Å². The van der Waals surface area contributed by atoms with Crippen molar-refractivity contribution in [1.82, 2.24) is 29.9 Å². The number of nitrogens with two attached hydrogens (primary N) is 1. The second-order valence-corrected chi connectivity index (χ2v) is 15.0. The Morgan fingerprint density at radius 1 is 0.638 bits per heavy atom. The molecule has 2 saturated heterocycles. The van der Waals surface area contributed by atoms with Gasteiger partial charge in [0.2, 0.25) is 11.9 Å². The van der Waals surface area contributed by atoms with Gasteiger partial charge in [0.05, 0.1) is 68.4 Å². The molecule has 0 atom stereocenters. The van der Waals surface area contributed by atoms with E-state index < -0.39 is 40.4 Å². The summed E-state index contributed by atoms with van der Waals surface area (Å²) in [5.74, 6) is 4.48. The summed E-state index contributed by atoms with van der Waals surface area (Å²) in [6, 6.07) is 15.9. The molecule has 69 heavy (non-hydrogen) atoms. The molecule has 2 aliphatic rings. The van der Waals surface area contributed by atoms with Crippen molar-refractivity contribution in [2.75, 3.05) is 85.0 Å². The van der Waals surface area contributed by atoms with Gasteiger partial charge < -0.3 is 29.9 Å². The maximum atomic E-state index is 14.1. The van der Waals surface area contributed by atoms with Crippen molar-refractivity contribution in [3.8, 4) is 0 Å². The van der Waals surface area contributed by atoms with Gasteiger partial charge in [-0.25, -0.2) is 24.6 Å². The third-order valence-corrected chi connectivity index (χ3v) is 10.0. The van der Waals surface area contributed by atoms with Gasteiger partial charge in [0.15, 0.2) is 29.1 Å². The summed E-state index contributed by atoms with van der Waals surface area (Å²) in [5, 5.41) is 4.92. The maximum absolute atomic E-state index is 14.1. The zero-order valence-electron chi connectivity index (χ0n) is 36.0. The van der Waals surface area contributed by atoms with E-state index in [1.807, 2.05) is 0 Å². The fourth-order valence-electron chi connectivity index (χ4n) is 6.43. The van der Waals surface area contributed by atoms with Crippen LogP contribution in [0.3, 0.4) is 0 Å². The number of halogens is 9. The van der Waals surface area contributed by atoms with Crippen molar-refractivity contribution in [2.45, 2.75) is 18.8 Å². The third-order valence-electron chi connectivity index (χ3n) is 9.83. The van der Waals surface area contributed by atoms with Crippen LogP contribution < -0.4 is 31.7 Å². The maximum Gasteiger partial charge on any atom is 0.416 e. The smallest absolute Gasteiger partial charge is 0.378 e. The SMILES string of the molecule is NNc1ncc(F)c(N2CCOCC2)n1.O=C(CNc1ncc(F)c(N2CCOCC2)n1)c1ccc(Nc2cccc(C(F)(F)F)c2)cn1.O=C(Cl)c1ccc(Cc2cccc(C(F)(F)F)c2)cn1. The predicted octanol–water partition coefficient (Wildman–Crippen LogP) is 7.71. The minimum atomic E-state index is -4.45. The van der Waals surface area contributed by atoms with E-state index in [1.54, 1.807) is 21.9 Å². The molecule has 25 heteroatoms. The van der Waals surface area contributed by atoms with Gasteiger partial charge in [-0.3, -0.25) is 25.0 Å². The number of pyridine rings is 2. The van der Waals surface area contributed by atoms with E-state index in [0.29, 0.717) is 75.8 Å². The average molecular weight is 989 g/mol. The highest BCUT2D eigenvalue weighted by Crippen LogP contribution is 2.32. The van der Waals surface area contributed by atoms with Crippen molar-refractivity contribution < 1.29 is 54.2 Å². The van der Waals surface area contributed by atoms with Gasteiger partial charge in [0.1, 0.15) is 11.4 Å². The van der Waals surface area contributed by atoms with Gasteiger partial charge in [-0.05, 0) is 71.6 Å². The monoisotopic (exact) mass is 988 g/mol. The molecule has 2 aromatic carbocycles. The Balaban J connectivity index is 0.000000188. The topological polar surface area (TPSA) is 199 Å². The van der Waals surface area contributed by atoms with Crippen LogP contribution in [0.2, 0.25) is 0 Å². The van der Waals surface area contributed by atoms with Gasteiger partial charge in [-0.15, -0.1) is 0 Å². The van der Waals surface area contributed by atoms with Crippen LogP contribution in [0.4, 0.5) is 70.0 Å². The molecule has 8 rings (SSSR count). The summed E-state index contributed by atoms with van der Waals surface area (Å²) in [5.41, 5.74) is 2.95. The van der Waals surface area contributed by atoms with Crippen LogP contribution in [0.15, 0.2) is 97.6 Å². The van der Waals surface area contributed by atoms with Gasteiger partial charge in [0.25, 0.3) is 5.24 Å². The lowest BCUT2D eigenvalue weighted by Gasteiger charge is -2.28. The first-order valence-electron chi connectivity index (χ1n) is 20.6. The summed E-state index contributed by atoms with van der Waals surface area (Å²) in [7, 11) is 0. The lowest BCUT2D eigenvalue weighted by Crippen LogP contribution is -2.37. The third kappa shape index (κ3) is 15.2. The number of morpholine rings is 2. The number of nitrogen functional groups attached to an aromatic ring is 1. The largest absolute Gasteiger partial charge is 0.416 e. The first-order valence-corrected chi connectivity index (χ1v) is 21.0. The summed E-state index contributed by atoms with van der Waals surface area (Å²) in [6.45, 7) is 4.15. The van der Waals surface area contributed by atoms with Crippen LogP contribution in [-0.4, -0.2) is 100 Å². The number of carbonyl (C=O) groups is 2. The number of ether oxygens (including phenoxy) is 2. The number of hydrogen-bond acceptors (Lipinski definition) is 16. The number of benzene rings is 2. The molecular weight excluding hydrogens is 948 g/mol. The van der Waals surface area contributed by atoms with E-state index >= 15 is 0 Å². The van der Waals surface area contributed by atoms with Crippen molar-refractivity contribution in [1.29, 1.82) is 0 Å². The number of anilines is 6. The molecule has 16 nitrogen and oxygen atoms in total. The van der Waals surface area contributed by atoms with Crippen molar-refractivity contribution in [2.24, 2.45) is 5.84 Å². The second kappa shape index (κ2) is 23.7. The fourth-order valence-corrected chi connectivity index (χ4v) is 6.54. The molecular formula is C44H41ClF8N12O4. The van der Waals surface area contributed by atoms with Crippen LogP contribution in [-0.2, 0) is 28.2 Å². The molecule has 364 valence electrons. The Bertz CT molecular complexity index is 2660.